The van der Waals surface area contributed by atoms with E-state index < -0.39 is 0 Å². The molecule has 0 aliphatic carbocycles. The van der Waals surface area contributed by atoms with Gasteiger partial charge >= 0.3 is 0 Å². The summed E-state index contributed by atoms with van der Waals surface area (Å²) in [7, 11) is 3.29. The molecular formula is C15H20ClNO3. The lowest BCUT2D eigenvalue weighted by Gasteiger charge is -2.09. The van der Waals surface area contributed by atoms with Crippen LogP contribution in [0.25, 0.3) is 0 Å². The van der Waals surface area contributed by atoms with E-state index in [-0.39, 0.29) is 12.4 Å². The summed E-state index contributed by atoms with van der Waals surface area (Å²) in [6.07, 6.45) is 2.62. The van der Waals surface area contributed by atoms with E-state index in [1.807, 2.05) is 24.3 Å². The van der Waals surface area contributed by atoms with E-state index in [1.165, 1.54) is 5.56 Å². The lowest BCUT2D eigenvalue weighted by molar-refractivity contribution is 0.354. The molecule has 0 atom stereocenters. The molecule has 1 heterocycles. The molecule has 1 aromatic carbocycles. The maximum Gasteiger partial charge on any atom is 0.160 e. The maximum absolute atomic E-state index is 5.28. The van der Waals surface area contributed by atoms with Crippen LogP contribution in [0, 0.1) is 0 Å². The molecule has 2 rings (SSSR count). The molecule has 0 aliphatic heterocycles. The van der Waals surface area contributed by atoms with Gasteiger partial charge in [-0.05, 0) is 42.8 Å². The summed E-state index contributed by atoms with van der Waals surface area (Å²) in [6, 6.07) is 9.85. The Morgan fingerprint density at radius 3 is 2.55 bits per heavy atom. The van der Waals surface area contributed by atoms with Crippen molar-refractivity contribution in [1.29, 1.82) is 0 Å². The second kappa shape index (κ2) is 8.51. The molecule has 2 aromatic rings. The second-order valence-corrected chi connectivity index (χ2v) is 4.20. The molecule has 110 valence electrons. The zero-order valence-electron chi connectivity index (χ0n) is 11.7. The molecule has 0 aliphatic rings. The van der Waals surface area contributed by atoms with Gasteiger partial charge in [0.25, 0.3) is 0 Å². The Hall–Kier alpha value is -1.65. The van der Waals surface area contributed by atoms with Crippen molar-refractivity contribution in [3.05, 3.63) is 47.9 Å². The number of rotatable bonds is 7. The summed E-state index contributed by atoms with van der Waals surface area (Å²) in [5.41, 5.74) is 1.21. The standard InChI is InChI=1S/C15H19NO3.ClH/c1-17-14-6-5-12(10-15(14)18-2)7-8-16-11-13-4-3-9-19-13;/h3-6,9-10,16H,7-8,11H2,1-2H3;1H. The van der Waals surface area contributed by atoms with Crippen LogP contribution < -0.4 is 14.8 Å². The largest absolute Gasteiger partial charge is 0.493 e. The first kappa shape index (κ1) is 16.4. The number of hydrogen-bond acceptors (Lipinski definition) is 4. The van der Waals surface area contributed by atoms with Gasteiger partial charge in [-0.3, -0.25) is 0 Å². The first-order chi connectivity index (χ1) is 9.33. The van der Waals surface area contributed by atoms with Gasteiger partial charge in [-0.15, -0.1) is 12.4 Å². The zero-order valence-corrected chi connectivity index (χ0v) is 12.5. The third kappa shape index (κ3) is 4.47. The van der Waals surface area contributed by atoms with Gasteiger partial charge in [-0.1, -0.05) is 6.07 Å². The Kier molecular flexibility index (Phi) is 6.98. The molecule has 0 amide bonds. The molecule has 0 saturated heterocycles. The van der Waals surface area contributed by atoms with Crippen LogP contribution in [-0.4, -0.2) is 20.8 Å². The quantitative estimate of drug-likeness (QED) is 0.798. The van der Waals surface area contributed by atoms with E-state index in [0.717, 1.165) is 36.8 Å². The molecule has 0 fully saturated rings. The highest BCUT2D eigenvalue weighted by atomic mass is 35.5. The summed E-state index contributed by atoms with van der Waals surface area (Å²) in [5.74, 6) is 2.48. The number of nitrogens with one attached hydrogen (secondary N) is 1. The fourth-order valence-corrected chi connectivity index (χ4v) is 1.89. The van der Waals surface area contributed by atoms with Crippen molar-refractivity contribution in [2.24, 2.45) is 0 Å². The molecule has 4 nitrogen and oxygen atoms in total. The van der Waals surface area contributed by atoms with Gasteiger partial charge in [0, 0.05) is 0 Å². The van der Waals surface area contributed by atoms with Gasteiger partial charge in [-0.2, -0.15) is 0 Å². The third-order valence-corrected chi connectivity index (χ3v) is 2.92. The average molecular weight is 298 g/mol. The Morgan fingerprint density at radius 2 is 1.90 bits per heavy atom. The van der Waals surface area contributed by atoms with Crippen molar-refractivity contribution < 1.29 is 13.9 Å². The highest BCUT2D eigenvalue weighted by molar-refractivity contribution is 5.85. The Morgan fingerprint density at radius 1 is 1.10 bits per heavy atom. The van der Waals surface area contributed by atoms with E-state index >= 15 is 0 Å². The monoisotopic (exact) mass is 297 g/mol. The van der Waals surface area contributed by atoms with Crippen molar-refractivity contribution in [3.63, 3.8) is 0 Å². The minimum Gasteiger partial charge on any atom is -0.493 e. The Bertz CT molecular complexity index is 500. The summed E-state index contributed by atoms with van der Waals surface area (Å²) in [6.45, 7) is 1.64. The molecule has 1 aromatic heterocycles. The van der Waals surface area contributed by atoms with Crippen molar-refractivity contribution in [1.82, 2.24) is 5.32 Å². The number of hydrogen-bond donors (Lipinski definition) is 1. The highest BCUT2D eigenvalue weighted by Crippen LogP contribution is 2.27. The molecule has 0 saturated carbocycles. The molecule has 0 spiro atoms. The summed E-state index contributed by atoms with van der Waals surface area (Å²) >= 11 is 0. The van der Waals surface area contributed by atoms with Crippen molar-refractivity contribution in [2.75, 3.05) is 20.8 Å². The van der Waals surface area contributed by atoms with Gasteiger partial charge in [0.1, 0.15) is 5.76 Å². The zero-order chi connectivity index (χ0) is 13.5. The number of ether oxygens (including phenoxy) is 2. The molecular weight excluding hydrogens is 278 g/mol. The predicted molar refractivity (Wildman–Crippen MR) is 80.9 cm³/mol. The van der Waals surface area contributed by atoms with Crippen LogP contribution in [0.2, 0.25) is 0 Å². The predicted octanol–water partition coefficient (Wildman–Crippen LogP) is 3.05. The lowest BCUT2D eigenvalue weighted by atomic mass is 10.1. The van der Waals surface area contributed by atoms with Gasteiger partial charge in [0.15, 0.2) is 11.5 Å². The first-order valence-electron chi connectivity index (χ1n) is 6.27. The maximum atomic E-state index is 5.28. The van der Waals surface area contributed by atoms with E-state index in [1.54, 1.807) is 20.5 Å². The topological polar surface area (TPSA) is 43.6 Å². The normalized spacial score (nSPS) is 9.90. The lowest BCUT2D eigenvalue weighted by Crippen LogP contribution is -2.16. The molecule has 5 heteroatoms. The second-order valence-electron chi connectivity index (χ2n) is 4.20. The fraction of sp³-hybridized carbons (Fsp3) is 0.333. The van der Waals surface area contributed by atoms with Gasteiger partial charge in [0.05, 0.1) is 27.0 Å². The van der Waals surface area contributed by atoms with E-state index in [4.69, 9.17) is 13.9 Å². The molecule has 1 N–H and O–H groups in total. The van der Waals surface area contributed by atoms with Crippen LogP contribution in [0.1, 0.15) is 11.3 Å². The van der Waals surface area contributed by atoms with Crippen LogP contribution >= 0.6 is 12.4 Å². The SMILES string of the molecule is COc1ccc(CCNCc2ccco2)cc1OC.Cl. The van der Waals surface area contributed by atoms with E-state index in [2.05, 4.69) is 11.4 Å². The number of furan rings is 1. The van der Waals surface area contributed by atoms with Gasteiger partial charge in [0.2, 0.25) is 0 Å². The molecule has 20 heavy (non-hydrogen) atoms. The van der Waals surface area contributed by atoms with E-state index in [9.17, 15) is 0 Å². The fourth-order valence-electron chi connectivity index (χ4n) is 1.89. The summed E-state index contributed by atoms with van der Waals surface area (Å²) in [4.78, 5) is 0. The summed E-state index contributed by atoms with van der Waals surface area (Å²) < 4.78 is 15.7. The first-order valence-corrected chi connectivity index (χ1v) is 6.27. The Labute approximate surface area is 125 Å². The van der Waals surface area contributed by atoms with E-state index in [0.29, 0.717) is 0 Å². The third-order valence-electron chi connectivity index (χ3n) is 2.92. The summed E-state index contributed by atoms with van der Waals surface area (Å²) in [5, 5.41) is 3.34. The number of methoxy groups -OCH3 is 2. The minimum atomic E-state index is 0. The number of halogens is 1. The molecule has 0 radical (unpaired) electrons. The van der Waals surface area contributed by atoms with Crippen LogP contribution in [0.3, 0.4) is 0 Å². The minimum absolute atomic E-state index is 0. The van der Waals surface area contributed by atoms with Crippen LogP contribution in [-0.2, 0) is 13.0 Å². The van der Waals surface area contributed by atoms with Crippen LogP contribution in [0.4, 0.5) is 0 Å². The molecule has 0 unspecified atom stereocenters. The van der Waals surface area contributed by atoms with Crippen molar-refractivity contribution in [2.45, 2.75) is 13.0 Å². The van der Waals surface area contributed by atoms with Crippen molar-refractivity contribution in [3.8, 4) is 11.5 Å². The smallest absolute Gasteiger partial charge is 0.160 e. The van der Waals surface area contributed by atoms with Crippen LogP contribution in [0.5, 0.6) is 11.5 Å². The van der Waals surface area contributed by atoms with Gasteiger partial charge < -0.3 is 19.2 Å². The van der Waals surface area contributed by atoms with Crippen LogP contribution in [0.15, 0.2) is 41.0 Å². The Balaban J connectivity index is 0.00000200. The molecule has 0 bridgehead atoms. The van der Waals surface area contributed by atoms with Crippen molar-refractivity contribution >= 4 is 12.4 Å². The number of benzene rings is 1. The van der Waals surface area contributed by atoms with Gasteiger partial charge in [-0.25, -0.2) is 0 Å². The highest BCUT2D eigenvalue weighted by Gasteiger charge is 2.04. The average Bonchev–Trinajstić information content (AvgIpc) is 2.96.